The predicted octanol–water partition coefficient (Wildman–Crippen LogP) is 1.14. The third-order valence-corrected chi connectivity index (χ3v) is 3.92. The van der Waals surface area contributed by atoms with E-state index in [0.29, 0.717) is 5.56 Å². The molecule has 0 aliphatic heterocycles. The molecule has 1 aromatic rings. The molecule has 1 aromatic carbocycles. The molecule has 1 unspecified atom stereocenters. The van der Waals surface area contributed by atoms with Gasteiger partial charge in [-0.1, -0.05) is 0 Å². The Balaban J connectivity index is 3.44. The molecular formula is C11H14N2O6S. The number of nitro benzene ring substituents is 1. The third kappa shape index (κ3) is 3.23. The van der Waals surface area contributed by atoms with Crippen LogP contribution < -0.4 is 4.31 Å². The minimum Gasteiger partial charge on any atom is -0.480 e. The maximum Gasteiger partial charge on any atom is 0.327 e. The molecule has 0 radical (unpaired) electrons. The van der Waals surface area contributed by atoms with Gasteiger partial charge in [-0.05, 0) is 25.5 Å². The van der Waals surface area contributed by atoms with Gasteiger partial charge in [0.25, 0.3) is 5.69 Å². The van der Waals surface area contributed by atoms with E-state index in [1.807, 2.05) is 0 Å². The highest BCUT2D eigenvalue weighted by Crippen LogP contribution is 2.28. The molecule has 0 amide bonds. The van der Waals surface area contributed by atoms with E-state index in [1.54, 1.807) is 0 Å². The van der Waals surface area contributed by atoms with Crippen molar-refractivity contribution in [3.05, 3.63) is 33.9 Å². The van der Waals surface area contributed by atoms with Gasteiger partial charge < -0.3 is 5.11 Å². The number of sulfonamides is 1. The van der Waals surface area contributed by atoms with E-state index in [1.165, 1.54) is 26.0 Å². The number of carboxylic acids is 1. The van der Waals surface area contributed by atoms with E-state index in [0.717, 1.165) is 16.6 Å². The van der Waals surface area contributed by atoms with Crippen LogP contribution in [0.1, 0.15) is 12.5 Å². The zero-order chi connectivity index (χ0) is 15.7. The minimum atomic E-state index is -3.84. The molecule has 1 rings (SSSR count). The topological polar surface area (TPSA) is 118 Å². The fourth-order valence-electron chi connectivity index (χ4n) is 1.78. The largest absolute Gasteiger partial charge is 0.480 e. The molecule has 0 spiro atoms. The average molecular weight is 302 g/mol. The van der Waals surface area contributed by atoms with Crippen LogP contribution in [0.15, 0.2) is 18.2 Å². The van der Waals surface area contributed by atoms with Crippen molar-refractivity contribution >= 4 is 27.4 Å². The molecule has 0 saturated carbocycles. The van der Waals surface area contributed by atoms with E-state index in [4.69, 9.17) is 5.11 Å². The van der Waals surface area contributed by atoms with Crippen molar-refractivity contribution in [2.45, 2.75) is 19.9 Å². The number of benzene rings is 1. The Morgan fingerprint density at radius 3 is 2.35 bits per heavy atom. The van der Waals surface area contributed by atoms with Gasteiger partial charge in [-0.3, -0.25) is 14.4 Å². The molecule has 0 aliphatic carbocycles. The summed E-state index contributed by atoms with van der Waals surface area (Å²) in [5, 5.41) is 19.6. The fraction of sp³-hybridized carbons (Fsp3) is 0.364. The molecular weight excluding hydrogens is 288 g/mol. The van der Waals surface area contributed by atoms with Gasteiger partial charge in [0, 0.05) is 12.1 Å². The smallest absolute Gasteiger partial charge is 0.327 e. The Morgan fingerprint density at radius 2 is 2.00 bits per heavy atom. The summed E-state index contributed by atoms with van der Waals surface area (Å²) in [6.07, 6.45) is 0.882. The number of hydrogen-bond acceptors (Lipinski definition) is 5. The van der Waals surface area contributed by atoms with Crippen LogP contribution in [0.25, 0.3) is 0 Å². The van der Waals surface area contributed by atoms with Crippen molar-refractivity contribution in [3.8, 4) is 0 Å². The van der Waals surface area contributed by atoms with Crippen molar-refractivity contribution < 1.29 is 23.2 Å². The summed E-state index contributed by atoms with van der Waals surface area (Å²) in [5.74, 6) is -1.31. The second-order valence-corrected chi connectivity index (χ2v) is 6.16. The van der Waals surface area contributed by atoms with Crippen molar-refractivity contribution in [1.82, 2.24) is 0 Å². The summed E-state index contributed by atoms with van der Waals surface area (Å²) in [6.45, 7) is 2.71. The number of aliphatic carboxylic acids is 1. The zero-order valence-corrected chi connectivity index (χ0v) is 11.9. The number of non-ortho nitro benzene ring substituents is 1. The first-order valence-corrected chi connectivity index (χ1v) is 7.37. The average Bonchev–Trinajstić information content (AvgIpc) is 2.29. The zero-order valence-electron chi connectivity index (χ0n) is 11.1. The lowest BCUT2D eigenvalue weighted by Crippen LogP contribution is -2.43. The number of nitrogens with zero attached hydrogens (tertiary/aromatic N) is 2. The summed E-state index contributed by atoms with van der Waals surface area (Å²) in [4.78, 5) is 21.1. The lowest BCUT2D eigenvalue weighted by atomic mass is 10.1. The van der Waals surface area contributed by atoms with Gasteiger partial charge in [0.05, 0.1) is 16.9 Å². The van der Waals surface area contributed by atoms with E-state index in [9.17, 15) is 23.3 Å². The molecule has 0 aromatic heterocycles. The van der Waals surface area contributed by atoms with E-state index < -0.39 is 27.0 Å². The van der Waals surface area contributed by atoms with Crippen molar-refractivity contribution in [2.24, 2.45) is 0 Å². The quantitative estimate of drug-likeness (QED) is 0.643. The van der Waals surface area contributed by atoms with Gasteiger partial charge in [0.2, 0.25) is 10.0 Å². The monoisotopic (exact) mass is 302 g/mol. The highest BCUT2D eigenvalue weighted by atomic mass is 32.2. The maximum atomic E-state index is 11.8. The fourth-order valence-corrected chi connectivity index (χ4v) is 3.00. The number of carboxylic acid groups (broad SMARTS) is 1. The Morgan fingerprint density at radius 1 is 1.45 bits per heavy atom. The SMILES string of the molecule is Cc1cc([N+](=O)[O-])ccc1N(C(C)C(=O)O)S(C)(=O)=O. The summed E-state index contributed by atoms with van der Waals surface area (Å²) < 4.78 is 24.3. The van der Waals surface area contributed by atoms with E-state index in [-0.39, 0.29) is 11.4 Å². The molecule has 0 saturated heterocycles. The van der Waals surface area contributed by atoms with Crippen LogP contribution in [-0.2, 0) is 14.8 Å². The molecule has 8 nitrogen and oxygen atoms in total. The van der Waals surface area contributed by atoms with Crippen LogP contribution in [0.2, 0.25) is 0 Å². The van der Waals surface area contributed by atoms with Gasteiger partial charge in [-0.15, -0.1) is 0 Å². The van der Waals surface area contributed by atoms with Crippen LogP contribution in [0.5, 0.6) is 0 Å². The van der Waals surface area contributed by atoms with Crippen LogP contribution in [0, 0.1) is 17.0 Å². The number of nitro groups is 1. The first kappa shape index (κ1) is 15.9. The van der Waals surface area contributed by atoms with Gasteiger partial charge in [0.1, 0.15) is 6.04 Å². The van der Waals surface area contributed by atoms with Crippen LogP contribution >= 0.6 is 0 Å². The molecule has 1 N–H and O–H groups in total. The predicted molar refractivity (Wildman–Crippen MR) is 72.3 cm³/mol. The minimum absolute atomic E-state index is 0.105. The molecule has 0 fully saturated rings. The lowest BCUT2D eigenvalue weighted by Gasteiger charge is -2.27. The van der Waals surface area contributed by atoms with Gasteiger partial charge in [-0.2, -0.15) is 0 Å². The standard InChI is InChI=1S/C11H14N2O6S/c1-7-6-9(13(16)17)4-5-10(7)12(20(3,18)19)8(2)11(14)15/h4-6,8H,1-3H3,(H,14,15). The van der Waals surface area contributed by atoms with Crippen molar-refractivity contribution in [2.75, 3.05) is 10.6 Å². The molecule has 0 heterocycles. The first-order chi connectivity index (χ1) is 9.05. The number of carbonyl (C=O) groups is 1. The maximum absolute atomic E-state index is 11.8. The molecule has 110 valence electrons. The van der Waals surface area contributed by atoms with Gasteiger partial charge in [-0.25, -0.2) is 13.2 Å². The molecule has 9 heteroatoms. The second kappa shape index (κ2) is 5.45. The number of anilines is 1. The Bertz CT molecular complexity index is 655. The van der Waals surface area contributed by atoms with Crippen LogP contribution in [-0.4, -0.2) is 36.7 Å². The molecule has 20 heavy (non-hydrogen) atoms. The van der Waals surface area contributed by atoms with Gasteiger partial charge >= 0.3 is 5.97 Å². The highest BCUT2D eigenvalue weighted by molar-refractivity contribution is 7.92. The first-order valence-electron chi connectivity index (χ1n) is 5.53. The Hall–Kier alpha value is -2.16. The Labute approximate surface area is 115 Å². The number of rotatable bonds is 5. The molecule has 1 atom stereocenters. The molecule has 0 aliphatic rings. The summed E-state index contributed by atoms with van der Waals surface area (Å²) in [5.41, 5.74) is 0.216. The van der Waals surface area contributed by atoms with E-state index >= 15 is 0 Å². The normalized spacial score (nSPS) is 12.8. The number of hydrogen-bond donors (Lipinski definition) is 1. The lowest BCUT2D eigenvalue weighted by molar-refractivity contribution is -0.384. The highest BCUT2D eigenvalue weighted by Gasteiger charge is 2.30. The van der Waals surface area contributed by atoms with Crippen LogP contribution in [0.3, 0.4) is 0 Å². The summed E-state index contributed by atoms with van der Waals surface area (Å²) >= 11 is 0. The number of aryl methyl sites for hydroxylation is 1. The molecule has 0 bridgehead atoms. The van der Waals surface area contributed by atoms with Crippen LogP contribution in [0.4, 0.5) is 11.4 Å². The van der Waals surface area contributed by atoms with E-state index in [2.05, 4.69) is 0 Å². The Kier molecular flexibility index (Phi) is 4.33. The third-order valence-electron chi connectivity index (χ3n) is 2.70. The second-order valence-electron chi connectivity index (χ2n) is 4.30. The summed E-state index contributed by atoms with van der Waals surface area (Å²) in [6, 6.07) is 2.25. The van der Waals surface area contributed by atoms with Crippen molar-refractivity contribution in [3.63, 3.8) is 0 Å². The van der Waals surface area contributed by atoms with Gasteiger partial charge in [0.15, 0.2) is 0 Å². The summed E-state index contributed by atoms with van der Waals surface area (Å²) in [7, 11) is -3.84. The van der Waals surface area contributed by atoms with Crippen molar-refractivity contribution in [1.29, 1.82) is 0 Å².